The second-order valence-corrected chi connectivity index (χ2v) is 5.35. The summed E-state index contributed by atoms with van der Waals surface area (Å²) in [6.45, 7) is 0. The number of alkyl halides is 3. The van der Waals surface area contributed by atoms with Crippen molar-refractivity contribution in [2.75, 3.05) is 0 Å². The summed E-state index contributed by atoms with van der Waals surface area (Å²) in [7, 11) is 1.84. The van der Waals surface area contributed by atoms with Gasteiger partial charge in [-0.1, -0.05) is 30.3 Å². The lowest BCUT2D eigenvalue weighted by atomic mass is 10.00. The zero-order valence-electron chi connectivity index (χ0n) is 12.7. The molecule has 0 radical (unpaired) electrons. The van der Waals surface area contributed by atoms with Gasteiger partial charge in [0.05, 0.1) is 5.56 Å². The zero-order valence-corrected chi connectivity index (χ0v) is 12.7. The van der Waals surface area contributed by atoms with Crippen molar-refractivity contribution in [3.63, 3.8) is 0 Å². The normalized spacial score (nSPS) is 11.5. The van der Waals surface area contributed by atoms with Gasteiger partial charge in [0.2, 0.25) is 0 Å². The van der Waals surface area contributed by atoms with E-state index in [4.69, 9.17) is 0 Å². The number of rotatable bonds is 3. The SMILES string of the molecule is Cn1ccnc1-c1cccc(C(=O)c2ccc(C(F)(F)F)cc2)c1. The monoisotopic (exact) mass is 330 g/mol. The second kappa shape index (κ2) is 5.96. The molecule has 3 nitrogen and oxygen atoms in total. The molecule has 2 aromatic carbocycles. The van der Waals surface area contributed by atoms with E-state index in [1.807, 2.05) is 17.7 Å². The lowest BCUT2D eigenvalue weighted by Gasteiger charge is -2.08. The van der Waals surface area contributed by atoms with Crippen LogP contribution < -0.4 is 0 Å². The molecule has 24 heavy (non-hydrogen) atoms. The molecule has 3 rings (SSSR count). The van der Waals surface area contributed by atoms with Crippen molar-refractivity contribution in [3.8, 4) is 11.4 Å². The Bertz CT molecular complexity index is 880. The third-order valence-electron chi connectivity index (χ3n) is 3.68. The number of imidazole rings is 1. The fraction of sp³-hybridized carbons (Fsp3) is 0.111. The van der Waals surface area contributed by atoms with Gasteiger partial charge in [0.1, 0.15) is 5.82 Å². The Morgan fingerprint density at radius 2 is 1.75 bits per heavy atom. The Kier molecular flexibility index (Phi) is 3.97. The first-order valence-corrected chi connectivity index (χ1v) is 7.16. The summed E-state index contributed by atoms with van der Waals surface area (Å²) in [4.78, 5) is 16.7. The van der Waals surface area contributed by atoms with Gasteiger partial charge in [-0.2, -0.15) is 13.2 Å². The van der Waals surface area contributed by atoms with E-state index in [-0.39, 0.29) is 11.3 Å². The van der Waals surface area contributed by atoms with Gasteiger partial charge in [0.15, 0.2) is 5.78 Å². The largest absolute Gasteiger partial charge is 0.416 e. The number of ketones is 1. The first-order valence-electron chi connectivity index (χ1n) is 7.16. The molecule has 0 atom stereocenters. The number of carbonyl (C=O) groups is 1. The smallest absolute Gasteiger partial charge is 0.334 e. The number of carbonyl (C=O) groups excluding carboxylic acids is 1. The maximum Gasteiger partial charge on any atom is 0.416 e. The van der Waals surface area contributed by atoms with Crippen molar-refractivity contribution in [1.29, 1.82) is 0 Å². The van der Waals surface area contributed by atoms with Crippen LogP contribution in [0.5, 0.6) is 0 Å². The van der Waals surface area contributed by atoms with Gasteiger partial charge in [-0.3, -0.25) is 4.79 Å². The van der Waals surface area contributed by atoms with Crippen LogP contribution in [0.2, 0.25) is 0 Å². The van der Waals surface area contributed by atoms with E-state index < -0.39 is 11.7 Å². The molecule has 0 aliphatic carbocycles. The maximum atomic E-state index is 12.6. The Labute approximate surface area is 136 Å². The van der Waals surface area contributed by atoms with E-state index in [0.717, 1.165) is 17.7 Å². The number of benzene rings is 2. The molecular weight excluding hydrogens is 317 g/mol. The van der Waals surface area contributed by atoms with Crippen LogP contribution in [0.25, 0.3) is 11.4 Å². The average molecular weight is 330 g/mol. The fourth-order valence-electron chi connectivity index (χ4n) is 2.42. The van der Waals surface area contributed by atoms with Gasteiger partial charge in [-0.15, -0.1) is 0 Å². The van der Waals surface area contributed by atoms with Crippen molar-refractivity contribution in [2.24, 2.45) is 7.05 Å². The van der Waals surface area contributed by atoms with Gasteiger partial charge in [-0.05, 0) is 18.2 Å². The molecule has 0 saturated heterocycles. The van der Waals surface area contributed by atoms with Gasteiger partial charge >= 0.3 is 6.18 Å². The molecular formula is C18H13F3N2O. The lowest BCUT2D eigenvalue weighted by molar-refractivity contribution is -0.137. The minimum absolute atomic E-state index is 0.208. The van der Waals surface area contributed by atoms with E-state index in [2.05, 4.69) is 4.98 Å². The van der Waals surface area contributed by atoms with Crippen molar-refractivity contribution < 1.29 is 18.0 Å². The number of hydrogen-bond donors (Lipinski definition) is 0. The predicted molar refractivity (Wildman–Crippen MR) is 83.5 cm³/mol. The molecule has 0 unspecified atom stereocenters. The molecule has 0 spiro atoms. The van der Waals surface area contributed by atoms with Crippen LogP contribution >= 0.6 is 0 Å². The van der Waals surface area contributed by atoms with E-state index in [1.54, 1.807) is 30.6 Å². The Morgan fingerprint density at radius 3 is 2.33 bits per heavy atom. The van der Waals surface area contributed by atoms with Crippen LogP contribution in [0.15, 0.2) is 60.9 Å². The van der Waals surface area contributed by atoms with Crippen molar-refractivity contribution in [2.45, 2.75) is 6.18 Å². The summed E-state index contributed by atoms with van der Waals surface area (Å²) in [5, 5.41) is 0. The van der Waals surface area contributed by atoms with E-state index in [0.29, 0.717) is 11.4 Å². The molecule has 122 valence electrons. The molecule has 0 bridgehead atoms. The molecule has 3 aromatic rings. The topological polar surface area (TPSA) is 34.9 Å². The highest BCUT2D eigenvalue weighted by Crippen LogP contribution is 2.29. The number of nitrogens with zero attached hydrogens (tertiary/aromatic N) is 2. The number of aryl methyl sites for hydroxylation is 1. The summed E-state index contributed by atoms with van der Waals surface area (Å²) in [5.41, 5.74) is 0.594. The Balaban J connectivity index is 1.92. The molecule has 1 heterocycles. The lowest BCUT2D eigenvalue weighted by Crippen LogP contribution is -2.06. The van der Waals surface area contributed by atoms with Crippen LogP contribution in [-0.2, 0) is 13.2 Å². The molecule has 0 saturated carbocycles. The van der Waals surface area contributed by atoms with Crippen molar-refractivity contribution in [1.82, 2.24) is 9.55 Å². The summed E-state index contributed by atoms with van der Waals surface area (Å²) in [5.74, 6) is 0.372. The highest BCUT2D eigenvalue weighted by molar-refractivity contribution is 6.09. The summed E-state index contributed by atoms with van der Waals surface area (Å²) >= 11 is 0. The van der Waals surface area contributed by atoms with Gasteiger partial charge in [0, 0.05) is 36.1 Å². The van der Waals surface area contributed by atoms with E-state index in [9.17, 15) is 18.0 Å². The molecule has 1 aromatic heterocycles. The zero-order chi connectivity index (χ0) is 17.3. The molecule has 0 aliphatic heterocycles. The fourth-order valence-corrected chi connectivity index (χ4v) is 2.42. The van der Waals surface area contributed by atoms with Crippen LogP contribution in [0.1, 0.15) is 21.5 Å². The number of aromatic nitrogens is 2. The number of halogens is 3. The van der Waals surface area contributed by atoms with Gasteiger partial charge < -0.3 is 4.57 Å². The van der Waals surface area contributed by atoms with Gasteiger partial charge in [0.25, 0.3) is 0 Å². The predicted octanol–water partition coefficient (Wildman–Crippen LogP) is 4.34. The quantitative estimate of drug-likeness (QED) is 0.670. The summed E-state index contributed by atoms with van der Waals surface area (Å²) in [6, 6.07) is 11.1. The highest BCUT2D eigenvalue weighted by atomic mass is 19.4. The average Bonchev–Trinajstić information content (AvgIpc) is 3.00. The molecule has 6 heteroatoms. The Morgan fingerprint density at radius 1 is 1.04 bits per heavy atom. The molecule has 0 N–H and O–H groups in total. The van der Waals surface area contributed by atoms with Crippen LogP contribution in [-0.4, -0.2) is 15.3 Å². The van der Waals surface area contributed by atoms with Crippen LogP contribution in [0.3, 0.4) is 0 Å². The van der Waals surface area contributed by atoms with E-state index >= 15 is 0 Å². The first-order chi connectivity index (χ1) is 11.4. The minimum Gasteiger partial charge on any atom is -0.334 e. The number of hydrogen-bond acceptors (Lipinski definition) is 2. The maximum absolute atomic E-state index is 12.6. The summed E-state index contributed by atoms with van der Waals surface area (Å²) in [6.07, 6.45) is -0.973. The van der Waals surface area contributed by atoms with Crippen molar-refractivity contribution in [3.05, 3.63) is 77.6 Å². The third kappa shape index (κ3) is 3.08. The van der Waals surface area contributed by atoms with Crippen molar-refractivity contribution >= 4 is 5.78 Å². The summed E-state index contributed by atoms with van der Waals surface area (Å²) < 4.78 is 39.6. The molecule has 0 aliphatic rings. The molecule has 0 fully saturated rings. The van der Waals surface area contributed by atoms with Gasteiger partial charge in [-0.25, -0.2) is 4.98 Å². The van der Waals surface area contributed by atoms with Crippen LogP contribution in [0.4, 0.5) is 13.2 Å². The molecule has 0 amide bonds. The first kappa shape index (κ1) is 16.0. The second-order valence-electron chi connectivity index (χ2n) is 5.35. The van der Waals surface area contributed by atoms with Crippen LogP contribution in [0, 0.1) is 0 Å². The minimum atomic E-state index is -4.42. The third-order valence-corrected chi connectivity index (χ3v) is 3.68. The van der Waals surface area contributed by atoms with E-state index in [1.165, 1.54) is 12.1 Å². The highest BCUT2D eigenvalue weighted by Gasteiger charge is 2.30. The standard InChI is InChI=1S/C18H13F3N2O/c1-23-10-9-22-17(23)14-4-2-3-13(11-14)16(24)12-5-7-15(8-6-12)18(19,20)21/h2-11H,1H3. The Hall–Kier alpha value is -2.89.